The van der Waals surface area contributed by atoms with Gasteiger partial charge in [0.15, 0.2) is 0 Å². The molecule has 0 aromatic carbocycles. The van der Waals surface area contributed by atoms with E-state index >= 15 is 0 Å². The van der Waals surface area contributed by atoms with Crippen molar-refractivity contribution in [3.05, 3.63) is 24.0 Å². The fraction of sp³-hybridized carbons (Fsp3) is 0.615. The topological polar surface area (TPSA) is 34.2 Å². The van der Waals surface area contributed by atoms with Crippen LogP contribution in [0.5, 0.6) is 0 Å². The number of hydrogen-bond acceptors (Lipinski definition) is 3. The molecule has 19 heavy (non-hydrogen) atoms. The van der Waals surface area contributed by atoms with Gasteiger partial charge in [0, 0.05) is 12.6 Å². The summed E-state index contributed by atoms with van der Waals surface area (Å²) in [6.07, 6.45) is -0.240. The standard InChI is InChI=1S/C13H17F3N2O/c1-2-11-7-9(5-6-19-11)18-10-3-4-12(17-8-10)13(14,15)16/h3-4,8-9,11,18H,2,5-7H2,1H3. The number of rotatable bonds is 3. The van der Waals surface area contributed by atoms with E-state index < -0.39 is 11.9 Å². The van der Waals surface area contributed by atoms with Gasteiger partial charge < -0.3 is 10.1 Å². The zero-order valence-electron chi connectivity index (χ0n) is 10.7. The number of aromatic nitrogens is 1. The van der Waals surface area contributed by atoms with E-state index in [1.165, 1.54) is 12.3 Å². The van der Waals surface area contributed by atoms with Gasteiger partial charge in [0.1, 0.15) is 5.69 Å². The second-order valence-corrected chi connectivity index (χ2v) is 4.70. The number of anilines is 1. The van der Waals surface area contributed by atoms with Gasteiger partial charge in [-0.15, -0.1) is 0 Å². The molecule has 0 saturated carbocycles. The zero-order valence-corrected chi connectivity index (χ0v) is 10.7. The van der Waals surface area contributed by atoms with Crippen molar-refractivity contribution >= 4 is 5.69 Å². The van der Waals surface area contributed by atoms with Crippen LogP contribution in [0.4, 0.5) is 18.9 Å². The molecule has 0 aliphatic carbocycles. The largest absolute Gasteiger partial charge is 0.433 e. The van der Waals surface area contributed by atoms with Crippen LogP contribution in [0.3, 0.4) is 0 Å². The van der Waals surface area contributed by atoms with Crippen molar-refractivity contribution in [1.82, 2.24) is 4.98 Å². The number of nitrogens with zero attached hydrogens (tertiary/aromatic N) is 1. The monoisotopic (exact) mass is 274 g/mol. The smallest absolute Gasteiger partial charge is 0.381 e. The van der Waals surface area contributed by atoms with Gasteiger partial charge in [-0.25, -0.2) is 4.98 Å². The molecule has 3 nitrogen and oxygen atoms in total. The summed E-state index contributed by atoms with van der Waals surface area (Å²) >= 11 is 0. The Labute approximate surface area is 110 Å². The number of pyridine rings is 1. The van der Waals surface area contributed by atoms with E-state index in [-0.39, 0.29) is 12.1 Å². The Kier molecular flexibility index (Phi) is 4.29. The molecule has 1 aliphatic rings. The molecule has 1 N–H and O–H groups in total. The molecular weight excluding hydrogens is 257 g/mol. The highest BCUT2D eigenvalue weighted by Crippen LogP contribution is 2.28. The summed E-state index contributed by atoms with van der Waals surface area (Å²) in [4.78, 5) is 3.44. The van der Waals surface area contributed by atoms with E-state index in [2.05, 4.69) is 17.2 Å². The number of halogens is 3. The first-order valence-electron chi connectivity index (χ1n) is 6.40. The fourth-order valence-corrected chi connectivity index (χ4v) is 2.18. The number of nitrogens with one attached hydrogen (secondary N) is 1. The molecule has 1 fully saturated rings. The van der Waals surface area contributed by atoms with Crippen LogP contribution < -0.4 is 5.32 Å². The normalized spacial score (nSPS) is 24.2. The van der Waals surface area contributed by atoms with Crippen molar-refractivity contribution in [1.29, 1.82) is 0 Å². The zero-order chi connectivity index (χ0) is 13.9. The molecule has 2 unspecified atom stereocenters. The molecule has 6 heteroatoms. The van der Waals surface area contributed by atoms with E-state index in [1.807, 2.05) is 0 Å². The lowest BCUT2D eigenvalue weighted by Crippen LogP contribution is -2.33. The summed E-state index contributed by atoms with van der Waals surface area (Å²) in [6, 6.07) is 2.66. The predicted molar refractivity (Wildman–Crippen MR) is 65.9 cm³/mol. The van der Waals surface area contributed by atoms with Crippen LogP contribution in [0.2, 0.25) is 0 Å². The summed E-state index contributed by atoms with van der Waals surface area (Å²) in [5.74, 6) is 0. The quantitative estimate of drug-likeness (QED) is 0.916. The summed E-state index contributed by atoms with van der Waals surface area (Å²) in [5, 5.41) is 3.21. The minimum Gasteiger partial charge on any atom is -0.381 e. The molecular formula is C13H17F3N2O. The number of ether oxygens (including phenoxy) is 1. The second-order valence-electron chi connectivity index (χ2n) is 4.70. The van der Waals surface area contributed by atoms with Crippen LogP contribution in [-0.2, 0) is 10.9 Å². The van der Waals surface area contributed by atoms with Crippen molar-refractivity contribution in [2.45, 2.75) is 44.5 Å². The van der Waals surface area contributed by atoms with Crippen LogP contribution in [-0.4, -0.2) is 23.7 Å². The van der Waals surface area contributed by atoms with E-state index in [1.54, 1.807) is 0 Å². The Bertz CT molecular complexity index is 405. The minimum absolute atomic E-state index is 0.230. The van der Waals surface area contributed by atoms with Gasteiger partial charge >= 0.3 is 6.18 Å². The third-order valence-electron chi connectivity index (χ3n) is 3.25. The van der Waals surface area contributed by atoms with Crippen molar-refractivity contribution < 1.29 is 17.9 Å². The maximum Gasteiger partial charge on any atom is 0.433 e. The molecule has 1 aliphatic heterocycles. The first kappa shape index (κ1) is 14.1. The Morgan fingerprint density at radius 1 is 1.42 bits per heavy atom. The van der Waals surface area contributed by atoms with Gasteiger partial charge in [-0.3, -0.25) is 0 Å². The Hall–Kier alpha value is -1.30. The first-order chi connectivity index (χ1) is 8.99. The maximum atomic E-state index is 12.4. The summed E-state index contributed by atoms with van der Waals surface area (Å²) in [5.41, 5.74) is -0.244. The van der Waals surface area contributed by atoms with Gasteiger partial charge in [-0.2, -0.15) is 13.2 Å². The maximum absolute atomic E-state index is 12.4. The van der Waals surface area contributed by atoms with Crippen molar-refractivity contribution in [2.24, 2.45) is 0 Å². The second kappa shape index (κ2) is 5.77. The molecule has 0 bridgehead atoms. The minimum atomic E-state index is -4.38. The summed E-state index contributed by atoms with van der Waals surface area (Å²) in [6.45, 7) is 2.75. The van der Waals surface area contributed by atoms with E-state index in [4.69, 9.17) is 4.74 Å². The van der Waals surface area contributed by atoms with E-state index in [0.717, 1.165) is 25.3 Å². The average Bonchev–Trinajstić information content (AvgIpc) is 2.38. The van der Waals surface area contributed by atoms with Crippen LogP contribution in [0, 0.1) is 0 Å². The lowest BCUT2D eigenvalue weighted by atomic mass is 10.0. The lowest BCUT2D eigenvalue weighted by molar-refractivity contribution is -0.141. The van der Waals surface area contributed by atoms with Gasteiger partial charge in [-0.1, -0.05) is 6.92 Å². The average molecular weight is 274 g/mol. The Morgan fingerprint density at radius 2 is 2.21 bits per heavy atom. The molecule has 0 amide bonds. The Balaban J connectivity index is 1.96. The SMILES string of the molecule is CCC1CC(Nc2ccc(C(F)(F)F)nc2)CCO1. The fourth-order valence-electron chi connectivity index (χ4n) is 2.18. The third-order valence-corrected chi connectivity index (χ3v) is 3.25. The van der Waals surface area contributed by atoms with E-state index in [0.29, 0.717) is 12.3 Å². The van der Waals surface area contributed by atoms with Gasteiger partial charge in [0.2, 0.25) is 0 Å². The number of hydrogen-bond donors (Lipinski definition) is 1. The molecule has 1 aromatic heterocycles. The van der Waals surface area contributed by atoms with Crippen LogP contribution >= 0.6 is 0 Å². The molecule has 2 rings (SSSR count). The van der Waals surface area contributed by atoms with E-state index in [9.17, 15) is 13.2 Å². The third kappa shape index (κ3) is 3.83. The number of alkyl halides is 3. The van der Waals surface area contributed by atoms with Crippen LogP contribution in [0.1, 0.15) is 31.9 Å². The van der Waals surface area contributed by atoms with Gasteiger partial charge in [0.25, 0.3) is 0 Å². The Morgan fingerprint density at radius 3 is 2.79 bits per heavy atom. The molecule has 1 saturated heterocycles. The lowest BCUT2D eigenvalue weighted by Gasteiger charge is -2.30. The van der Waals surface area contributed by atoms with Gasteiger partial charge in [0.05, 0.1) is 18.0 Å². The summed E-state index contributed by atoms with van der Waals surface area (Å²) in [7, 11) is 0. The highest BCUT2D eigenvalue weighted by Gasteiger charge is 2.32. The van der Waals surface area contributed by atoms with Crippen molar-refractivity contribution in [2.75, 3.05) is 11.9 Å². The van der Waals surface area contributed by atoms with Crippen LogP contribution in [0.25, 0.3) is 0 Å². The first-order valence-corrected chi connectivity index (χ1v) is 6.40. The molecule has 2 heterocycles. The van der Waals surface area contributed by atoms with Crippen LogP contribution in [0.15, 0.2) is 18.3 Å². The molecule has 1 aromatic rings. The van der Waals surface area contributed by atoms with Crippen molar-refractivity contribution in [3.63, 3.8) is 0 Å². The van der Waals surface area contributed by atoms with Gasteiger partial charge in [-0.05, 0) is 31.4 Å². The highest BCUT2D eigenvalue weighted by molar-refractivity contribution is 5.42. The molecule has 106 valence electrons. The van der Waals surface area contributed by atoms with Crippen molar-refractivity contribution in [3.8, 4) is 0 Å². The molecule has 0 radical (unpaired) electrons. The molecule has 0 spiro atoms. The predicted octanol–water partition coefficient (Wildman–Crippen LogP) is 3.47. The summed E-state index contributed by atoms with van der Waals surface area (Å²) < 4.78 is 42.7. The molecule has 2 atom stereocenters. The highest BCUT2D eigenvalue weighted by atomic mass is 19.4.